The first-order chi connectivity index (χ1) is 9.12. The van der Waals surface area contributed by atoms with Gasteiger partial charge >= 0.3 is 0 Å². The molecule has 1 aliphatic carbocycles. The molecule has 0 spiro atoms. The summed E-state index contributed by atoms with van der Waals surface area (Å²) in [5.41, 5.74) is 1.06. The lowest BCUT2D eigenvalue weighted by Gasteiger charge is -2.22. The zero-order chi connectivity index (χ0) is 13.7. The summed E-state index contributed by atoms with van der Waals surface area (Å²) in [6.07, 6.45) is 6.10. The number of halogens is 1. The maximum Gasteiger partial charge on any atom is 0.240 e. The van der Waals surface area contributed by atoms with Crippen LogP contribution in [0.25, 0.3) is 0 Å². The molecule has 19 heavy (non-hydrogen) atoms. The van der Waals surface area contributed by atoms with Crippen LogP contribution in [0.5, 0.6) is 0 Å². The number of rotatable bonds is 5. The van der Waals surface area contributed by atoms with Gasteiger partial charge in [-0.05, 0) is 37.0 Å². The second-order valence-electron chi connectivity index (χ2n) is 5.04. The normalized spacial score (nSPS) is 17.5. The van der Waals surface area contributed by atoms with Crippen LogP contribution in [-0.2, 0) is 16.4 Å². The minimum absolute atomic E-state index is 0.0984. The van der Waals surface area contributed by atoms with Crippen molar-refractivity contribution < 1.29 is 8.42 Å². The lowest BCUT2D eigenvalue weighted by atomic mass is 9.96. The van der Waals surface area contributed by atoms with Crippen LogP contribution in [0, 0.1) is 0 Å². The van der Waals surface area contributed by atoms with Crippen molar-refractivity contribution in [2.45, 2.75) is 49.5 Å². The third kappa shape index (κ3) is 4.20. The fourth-order valence-corrected chi connectivity index (χ4v) is 3.98. The first kappa shape index (κ1) is 14.8. The summed E-state index contributed by atoms with van der Waals surface area (Å²) in [5.74, 6) is 0.548. The molecule has 106 valence electrons. The first-order valence-corrected chi connectivity index (χ1v) is 8.81. The Morgan fingerprint density at radius 3 is 2.32 bits per heavy atom. The van der Waals surface area contributed by atoms with E-state index in [1.54, 1.807) is 12.1 Å². The number of aryl methyl sites for hydroxylation is 1. The molecule has 2 rings (SSSR count). The van der Waals surface area contributed by atoms with E-state index in [-0.39, 0.29) is 6.04 Å². The molecule has 0 aliphatic heterocycles. The summed E-state index contributed by atoms with van der Waals surface area (Å²) in [4.78, 5) is 0.344. The fraction of sp³-hybridized carbons (Fsp3) is 0.571. The highest BCUT2D eigenvalue weighted by Gasteiger charge is 2.21. The van der Waals surface area contributed by atoms with Crippen LogP contribution in [0.2, 0.25) is 0 Å². The highest BCUT2D eigenvalue weighted by Crippen LogP contribution is 2.20. The number of alkyl halides is 1. The number of benzene rings is 1. The quantitative estimate of drug-likeness (QED) is 0.850. The van der Waals surface area contributed by atoms with Crippen molar-refractivity contribution in [3.05, 3.63) is 29.8 Å². The SMILES string of the molecule is O=S(=O)(NC1CCCCC1)c1ccc(CCCl)cc1. The Balaban J connectivity index is 2.05. The van der Waals surface area contributed by atoms with Crippen LogP contribution in [0.15, 0.2) is 29.2 Å². The molecule has 1 fully saturated rings. The Morgan fingerprint density at radius 1 is 1.11 bits per heavy atom. The van der Waals surface area contributed by atoms with Gasteiger partial charge in [0, 0.05) is 11.9 Å². The van der Waals surface area contributed by atoms with Gasteiger partial charge in [-0.3, -0.25) is 0 Å². The second kappa shape index (κ2) is 6.73. The molecule has 0 aromatic heterocycles. The second-order valence-corrected chi connectivity index (χ2v) is 7.13. The standard InChI is InChI=1S/C14H20ClNO2S/c15-11-10-12-6-8-14(9-7-12)19(17,18)16-13-4-2-1-3-5-13/h6-9,13,16H,1-5,10-11H2. The molecule has 1 aromatic carbocycles. The van der Waals surface area contributed by atoms with E-state index < -0.39 is 10.0 Å². The number of nitrogens with one attached hydrogen (secondary N) is 1. The Labute approximate surface area is 120 Å². The predicted molar refractivity (Wildman–Crippen MR) is 78.1 cm³/mol. The minimum Gasteiger partial charge on any atom is -0.208 e. The van der Waals surface area contributed by atoms with Crippen molar-refractivity contribution in [3.8, 4) is 0 Å². The molecule has 0 heterocycles. The van der Waals surface area contributed by atoms with E-state index in [0.717, 1.165) is 37.7 Å². The summed E-state index contributed by atoms with van der Waals surface area (Å²) in [5, 5.41) is 0. The molecule has 1 aliphatic rings. The molecule has 0 amide bonds. The smallest absolute Gasteiger partial charge is 0.208 e. The van der Waals surface area contributed by atoms with Gasteiger partial charge < -0.3 is 0 Å². The van der Waals surface area contributed by atoms with Crippen LogP contribution in [0.4, 0.5) is 0 Å². The fourth-order valence-electron chi connectivity index (χ4n) is 2.45. The largest absolute Gasteiger partial charge is 0.240 e. The zero-order valence-electron chi connectivity index (χ0n) is 10.9. The molecule has 0 saturated heterocycles. The van der Waals surface area contributed by atoms with Crippen molar-refractivity contribution in [1.82, 2.24) is 4.72 Å². The lowest BCUT2D eigenvalue weighted by molar-refractivity contribution is 0.412. The number of hydrogen-bond donors (Lipinski definition) is 1. The Morgan fingerprint density at radius 2 is 1.74 bits per heavy atom. The van der Waals surface area contributed by atoms with E-state index in [2.05, 4.69) is 4.72 Å². The van der Waals surface area contributed by atoms with E-state index in [1.807, 2.05) is 12.1 Å². The highest BCUT2D eigenvalue weighted by atomic mass is 35.5. The van der Waals surface area contributed by atoms with Gasteiger partial charge in [-0.2, -0.15) is 0 Å². The van der Waals surface area contributed by atoms with Gasteiger partial charge in [0.25, 0.3) is 0 Å². The van der Waals surface area contributed by atoms with Crippen molar-refractivity contribution in [2.75, 3.05) is 5.88 Å². The topological polar surface area (TPSA) is 46.2 Å². The maximum absolute atomic E-state index is 12.2. The average molecular weight is 302 g/mol. The van der Waals surface area contributed by atoms with E-state index in [9.17, 15) is 8.42 Å². The van der Waals surface area contributed by atoms with E-state index in [1.165, 1.54) is 6.42 Å². The minimum atomic E-state index is -3.37. The molecular formula is C14H20ClNO2S. The van der Waals surface area contributed by atoms with Gasteiger partial charge in [0.1, 0.15) is 0 Å². The highest BCUT2D eigenvalue weighted by molar-refractivity contribution is 7.89. The monoisotopic (exact) mass is 301 g/mol. The van der Waals surface area contributed by atoms with E-state index in [4.69, 9.17) is 11.6 Å². The molecule has 0 atom stereocenters. The molecular weight excluding hydrogens is 282 g/mol. The van der Waals surface area contributed by atoms with Gasteiger partial charge in [-0.25, -0.2) is 13.1 Å². The van der Waals surface area contributed by atoms with Gasteiger partial charge in [0.2, 0.25) is 10.0 Å². The van der Waals surface area contributed by atoms with Crippen molar-refractivity contribution in [1.29, 1.82) is 0 Å². The average Bonchev–Trinajstić information content (AvgIpc) is 2.40. The third-order valence-corrected chi connectivity index (χ3v) is 5.27. The van der Waals surface area contributed by atoms with Crippen LogP contribution in [0.1, 0.15) is 37.7 Å². The Bertz CT molecular complexity index is 493. The molecule has 0 radical (unpaired) electrons. The lowest BCUT2D eigenvalue weighted by Crippen LogP contribution is -2.36. The maximum atomic E-state index is 12.2. The first-order valence-electron chi connectivity index (χ1n) is 6.79. The summed E-state index contributed by atoms with van der Waals surface area (Å²) >= 11 is 5.66. The summed E-state index contributed by atoms with van der Waals surface area (Å²) in [7, 11) is -3.37. The number of hydrogen-bond acceptors (Lipinski definition) is 2. The molecule has 0 unspecified atom stereocenters. The molecule has 1 saturated carbocycles. The molecule has 1 N–H and O–H groups in total. The molecule has 1 aromatic rings. The molecule has 5 heteroatoms. The summed E-state index contributed by atoms with van der Waals surface area (Å²) in [6, 6.07) is 7.08. The van der Waals surface area contributed by atoms with E-state index in [0.29, 0.717) is 10.8 Å². The zero-order valence-corrected chi connectivity index (χ0v) is 12.5. The summed E-state index contributed by atoms with van der Waals surface area (Å²) < 4.78 is 27.3. The van der Waals surface area contributed by atoms with Gasteiger partial charge in [0.15, 0.2) is 0 Å². The predicted octanol–water partition coefficient (Wildman–Crippen LogP) is 3.08. The molecule has 0 bridgehead atoms. The van der Waals surface area contributed by atoms with Crippen molar-refractivity contribution in [2.24, 2.45) is 0 Å². The van der Waals surface area contributed by atoms with E-state index >= 15 is 0 Å². The van der Waals surface area contributed by atoms with Crippen molar-refractivity contribution in [3.63, 3.8) is 0 Å². The van der Waals surface area contributed by atoms with Crippen LogP contribution in [0.3, 0.4) is 0 Å². The number of sulfonamides is 1. The van der Waals surface area contributed by atoms with Gasteiger partial charge in [-0.15, -0.1) is 11.6 Å². The van der Waals surface area contributed by atoms with Crippen LogP contribution >= 0.6 is 11.6 Å². The third-order valence-electron chi connectivity index (χ3n) is 3.54. The van der Waals surface area contributed by atoms with Crippen LogP contribution < -0.4 is 4.72 Å². The van der Waals surface area contributed by atoms with Crippen molar-refractivity contribution >= 4 is 21.6 Å². The molecule has 3 nitrogen and oxygen atoms in total. The Hall–Kier alpha value is -0.580. The van der Waals surface area contributed by atoms with Crippen LogP contribution in [-0.4, -0.2) is 20.3 Å². The van der Waals surface area contributed by atoms with Gasteiger partial charge in [0.05, 0.1) is 4.90 Å². The Kier molecular flexibility index (Phi) is 5.25. The van der Waals surface area contributed by atoms with Gasteiger partial charge in [-0.1, -0.05) is 31.4 Å². The summed E-state index contributed by atoms with van der Waals surface area (Å²) in [6.45, 7) is 0.